The van der Waals surface area contributed by atoms with E-state index in [0.717, 1.165) is 60.8 Å². The van der Waals surface area contributed by atoms with E-state index in [2.05, 4.69) is 185 Å². The molecule has 11 aromatic rings. The van der Waals surface area contributed by atoms with Gasteiger partial charge in [-0.15, -0.1) is 0 Å². The van der Waals surface area contributed by atoms with E-state index in [0.29, 0.717) is 17.6 Å². The zero-order valence-corrected chi connectivity index (χ0v) is 30.3. The minimum atomic E-state index is 0.567. The van der Waals surface area contributed by atoms with E-state index in [-0.39, 0.29) is 0 Å². The Labute approximate surface area is 323 Å². The molecule has 0 saturated carbocycles. The number of para-hydroxylation sites is 3. The Morgan fingerprint density at radius 3 is 1.48 bits per heavy atom. The summed E-state index contributed by atoms with van der Waals surface area (Å²) in [6.45, 7) is 0. The first-order valence-corrected chi connectivity index (χ1v) is 18.9. The first-order chi connectivity index (χ1) is 27.8. The summed E-state index contributed by atoms with van der Waals surface area (Å²) < 4.78 is 4.63. The minimum absolute atomic E-state index is 0.567. The van der Waals surface area contributed by atoms with E-state index in [1.165, 1.54) is 21.9 Å². The van der Waals surface area contributed by atoms with Crippen LogP contribution in [0, 0.1) is 0 Å². The van der Waals surface area contributed by atoms with Gasteiger partial charge in [-0.3, -0.25) is 4.57 Å². The largest absolute Gasteiger partial charge is 0.309 e. The van der Waals surface area contributed by atoms with E-state index >= 15 is 0 Å². The molecule has 0 unspecified atom stereocenters. The molecule has 3 aromatic heterocycles. The Kier molecular flexibility index (Phi) is 7.42. The fourth-order valence-electron chi connectivity index (χ4n) is 8.22. The lowest BCUT2D eigenvalue weighted by Crippen LogP contribution is -2.06. The van der Waals surface area contributed by atoms with Gasteiger partial charge in [-0.05, 0) is 53.1 Å². The fourth-order valence-corrected chi connectivity index (χ4v) is 8.22. The molecule has 0 saturated heterocycles. The average molecular weight is 716 g/mol. The van der Waals surface area contributed by atoms with Gasteiger partial charge in [0.15, 0.2) is 11.6 Å². The van der Waals surface area contributed by atoms with Crippen molar-refractivity contribution in [3.63, 3.8) is 0 Å². The second kappa shape index (κ2) is 13.0. The maximum atomic E-state index is 5.30. The Morgan fingerprint density at radius 1 is 0.286 bits per heavy atom. The van der Waals surface area contributed by atoms with Gasteiger partial charge in [0.1, 0.15) is 0 Å². The van der Waals surface area contributed by atoms with Crippen LogP contribution in [0.2, 0.25) is 0 Å². The second-order valence-corrected chi connectivity index (χ2v) is 14.1. The molecular weight excluding hydrogens is 683 g/mol. The number of fused-ring (bicyclic) bond motifs is 6. The molecule has 11 rings (SSSR count). The van der Waals surface area contributed by atoms with Gasteiger partial charge in [-0.25, -0.2) is 4.98 Å². The van der Waals surface area contributed by atoms with Crippen LogP contribution < -0.4 is 0 Å². The standard InChI is InChI=1S/C51H33N5/c1-4-17-34(18-5-1)37-23-16-24-38(31-37)50-52-49(36-21-8-3-9-22-36)53-51(54-50)56-46-30-15-12-27-41(46)43-32-42-40-26-11-14-29-45(40)55(47(42)33-48(43)56)44-28-13-10-25-39(44)35-19-6-2-7-20-35/h1-33H. The Balaban J connectivity index is 1.21. The summed E-state index contributed by atoms with van der Waals surface area (Å²) in [6.07, 6.45) is 0. The smallest absolute Gasteiger partial charge is 0.238 e. The monoisotopic (exact) mass is 715 g/mol. The molecule has 5 heteroatoms. The topological polar surface area (TPSA) is 48.5 Å². The maximum Gasteiger partial charge on any atom is 0.238 e. The van der Waals surface area contributed by atoms with Crippen LogP contribution in [-0.4, -0.2) is 24.1 Å². The molecule has 3 heterocycles. The van der Waals surface area contributed by atoms with E-state index in [9.17, 15) is 0 Å². The van der Waals surface area contributed by atoms with Crippen molar-refractivity contribution in [3.05, 3.63) is 200 Å². The van der Waals surface area contributed by atoms with Gasteiger partial charge in [0.05, 0.1) is 27.8 Å². The lowest BCUT2D eigenvalue weighted by molar-refractivity contribution is 0.953. The third-order valence-electron chi connectivity index (χ3n) is 10.8. The Morgan fingerprint density at radius 2 is 0.786 bits per heavy atom. The number of rotatable bonds is 6. The number of nitrogens with zero attached hydrogens (tertiary/aromatic N) is 5. The number of benzene rings is 8. The van der Waals surface area contributed by atoms with Crippen LogP contribution >= 0.6 is 0 Å². The highest BCUT2D eigenvalue weighted by Gasteiger charge is 2.22. The first kappa shape index (κ1) is 31.9. The van der Waals surface area contributed by atoms with Crippen molar-refractivity contribution in [1.29, 1.82) is 0 Å². The first-order valence-electron chi connectivity index (χ1n) is 18.9. The normalized spacial score (nSPS) is 11.6. The molecule has 0 aliphatic heterocycles. The second-order valence-electron chi connectivity index (χ2n) is 14.1. The van der Waals surface area contributed by atoms with Gasteiger partial charge in [0.25, 0.3) is 0 Å². The van der Waals surface area contributed by atoms with Gasteiger partial charge in [0.2, 0.25) is 5.95 Å². The molecular formula is C51H33N5. The molecule has 0 aliphatic rings. The third-order valence-corrected chi connectivity index (χ3v) is 10.8. The molecule has 0 N–H and O–H groups in total. The number of aromatic nitrogens is 5. The van der Waals surface area contributed by atoms with Crippen LogP contribution in [0.25, 0.3) is 100 Å². The highest BCUT2D eigenvalue weighted by atomic mass is 15.2. The predicted molar refractivity (Wildman–Crippen MR) is 230 cm³/mol. The van der Waals surface area contributed by atoms with Crippen molar-refractivity contribution >= 4 is 43.6 Å². The fraction of sp³-hybridized carbons (Fsp3) is 0. The average Bonchev–Trinajstić information content (AvgIpc) is 3.78. The molecule has 0 amide bonds. The summed E-state index contributed by atoms with van der Waals surface area (Å²) in [5, 5.41) is 4.68. The van der Waals surface area contributed by atoms with Crippen LogP contribution in [0.5, 0.6) is 0 Å². The van der Waals surface area contributed by atoms with E-state index in [4.69, 9.17) is 15.0 Å². The van der Waals surface area contributed by atoms with Crippen LogP contribution in [0.1, 0.15) is 0 Å². The lowest BCUT2D eigenvalue weighted by atomic mass is 10.0. The quantitative estimate of drug-likeness (QED) is 0.172. The van der Waals surface area contributed by atoms with Gasteiger partial charge >= 0.3 is 0 Å². The summed E-state index contributed by atoms with van der Waals surface area (Å²) in [6, 6.07) is 70.4. The van der Waals surface area contributed by atoms with Gasteiger partial charge in [0, 0.05) is 38.2 Å². The van der Waals surface area contributed by atoms with Gasteiger partial charge in [-0.1, -0.05) is 164 Å². The predicted octanol–water partition coefficient (Wildman–Crippen LogP) is 12.7. The summed E-state index contributed by atoms with van der Waals surface area (Å²) in [7, 11) is 0. The third kappa shape index (κ3) is 5.21. The van der Waals surface area contributed by atoms with Gasteiger partial charge < -0.3 is 4.57 Å². The van der Waals surface area contributed by atoms with E-state index < -0.39 is 0 Å². The van der Waals surface area contributed by atoms with E-state index in [1.54, 1.807) is 0 Å². The Hall–Kier alpha value is -7.63. The Bertz CT molecular complexity index is 3240. The molecule has 8 aromatic carbocycles. The van der Waals surface area contributed by atoms with Crippen LogP contribution in [0.4, 0.5) is 0 Å². The van der Waals surface area contributed by atoms with Crippen molar-refractivity contribution < 1.29 is 0 Å². The summed E-state index contributed by atoms with van der Waals surface area (Å²) >= 11 is 0. The highest BCUT2D eigenvalue weighted by Crippen LogP contribution is 2.41. The molecule has 0 radical (unpaired) electrons. The number of hydrogen-bond donors (Lipinski definition) is 0. The van der Waals surface area contributed by atoms with Crippen molar-refractivity contribution in [1.82, 2.24) is 24.1 Å². The molecule has 262 valence electrons. The molecule has 0 fully saturated rings. The van der Waals surface area contributed by atoms with Gasteiger partial charge in [-0.2, -0.15) is 9.97 Å². The van der Waals surface area contributed by atoms with E-state index in [1.807, 2.05) is 24.3 Å². The zero-order chi connectivity index (χ0) is 37.0. The van der Waals surface area contributed by atoms with Crippen LogP contribution in [-0.2, 0) is 0 Å². The highest BCUT2D eigenvalue weighted by molar-refractivity contribution is 6.19. The van der Waals surface area contributed by atoms with Crippen molar-refractivity contribution in [2.45, 2.75) is 0 Å². The molecule has 5 nitrogen and oxygen atoms in total. The summed E-state index contributed by atoms with van der Waals surface area (Å²) in [5.74, 6) is 1.80. The van der Waals surface area contributed by atoms with Crippen LogP contribution in [0.15, 0.2) is 200 Å². The molecule has 0 bridgehead atoms. The van der Waals surface area contributed by atoms with Crippen molar-refractivity contribution in [2.24, 2.45) is 0 Å². The molecule has 0 aliphatic carbocycles. The number of hydrogen-bond acceptors (Lipinski definition) is 3. The maximum absolute atomic E-state index is 5.30. The van der Waals surface area contributed by atoms with Crippen molar-refractivity contribution in [2.75, 3.05) is 0 Å². The summed E-state index contributed by atoms with van der Waals surface area (Å²) in [4.78, 5) is 15.7. The van der Waals surface area contributed by atoms with Crippen molar-refractivity contribution in [3.8, 4) is 56.7 Å². The molecule has 0 atom stereocenters. The lowest BCUT2D eigenvalue weighted by Gasteiger charge is -2.14. The zero-order valence-electron chi connectivity index (χ0n) is 30.3. The molecule has 0 spiro atoms. The SMILES string of the molecule is c1ccc(-c2cccc(-c3nc(-c4ccccc4)nc(-n4c5ccccc5c5cc6c7ccccc7n(-c7ccccc7-c7ccccc7)c6cc54)n3)c2)cc1. The minimum Gasteiger partial charge on any atom is -0.309 e. The molecule has 56 heavy (non-hydrogen) atoms. The van der Waals surface area contributed by atoms with Crippen LogP contribution in [0.3, 0.4) is 0 Å². The summed E-state index contributed by atoms with van der Waals surface area (Å²) in [5.41, 5.74) is 11.9.